The van der Waals surface area contributed by atoms with Gasteiger partial charge in [0, 0.05) is 18.2 Å². The summed E-state index contributed by atoms with van der Waals surface area (Å²) >= 11 is 0. The summed E-state index contributed by atoms with van der Waals surface area (Å²) in [5.41, 5.74) is 2.92. The summed E-state index contributed by atoms with van der Waals surface area (Å²) in [7, 11) is 0. The van der Waals surface area contributed by atoms with Crippen molar-refractivity contribution in [2.24, 2.45) is 11.8 Å². The van der Waals surface area contributed by atoms with E-state index in [2.05, 4.69) is 20.6 Å². The van der Waals surface area contributed by atoms with E-state index in [1.807, 2.05) is 24.8 Å². The van der Waals surface area contributed by atoms with Crippen molar-refractivity contribution < 1.29 is 10.2 Å². The monoisotopic (exact) mass is 339 g/mol. The average molecular weight is 339 g/mol. The van der Waals surface area contributed by atoms with Crippen LogP contribution in [0.1, 0.15) is 56.7 Å². The van der Waals surface area contributed by atoms with Gasteiger partial charge in [0.1, 0.15) is 0 Å². The second-order valence-corrected chi connectivity index (χ2v) is 8.16. The molecule has 2 saturated carbocycles. The number of aromatic nitrogens is 3. The Morgan fingerprint density at radius 2 is 2.04 bits per heavy atom. The maximum Gasteiger partial charge on any atom is 0.0957 e. The van der Waals surface area contributed by atoms with Crippen LogP contribution in [0, 0.1) is 11.8 Å². The number of pyridine rings is 1. The van der Waals surface area contributed by atoms with Gasteiger partial charge >= 0.3 is 0 Å². The Morgan fingerprint density at radius 1 is 1.24 bits per heavy atom. The van der Waals surface area contributed by atoms with Crippen molar-refractivity contribution in [1.29, 1.82) is 0 Å². The highest BCUT2D eigenvalue weighted by Gasteiger charge is 2.48. The van der Waals surface area contributed by atoms with E-state index in [4.69, 9.17) is 0 Å². The highest BCUT2D eigenvalue weighted by atomic mass is 16.3. The van der Waals surface area contributed by atoms with Gasteiger partial charge < -0.3 is 14.8 Å². The molecule has 5 heteroatoms. The van der Waals surface area contributed by atoms with Gasteiger partial charge in [-0.2, -0.15) is 0 Å². The number of fused-ring (bicyclic) bond motifs is 3. The molecule has 1 aliphatic heterocycles. The van der Waals surface area contributed by atoms with Crippen LogP contribution in [0.4, 0.5) is 0 Å². The number of hydrogen-bond acceptors (Lipinski definition) is 4. The maximum atomic E-state index is 10.9. The molecule has 0 amide bonds. The van der Waals surface area contributed by atoms with Gasteiger partial charge in [0.15, 0.2) is 0 Å². The number of hydrogen-bond donors (Lipinski definition) is 2. The predicted molar refractivity (Wildman–Crippen MR) is 93.9 cm³/mol. The highest BCUT2D eigenvalue weighted by Crippen LogP contribution is 2.50. The van der Waals surface area contributed by atoms with Gasteiger partial charge in [-0.3, -0.25) is 4.98 Å². The lowest BCUT2D eigenvalue weighted by molar-refractivity contribution is 0.0152. The molecule has 0 unspecified atom stereocenters. The summed E-state index contributed by atoms with van der Waals surface area (Å²) in [5, 5.41) is 21.2. The first-order chi connectivity index (χ1) is 12.2. The van der Waals surface area contributed by atoms with E-state index < -0.39 is 0 Å². The van der Waals surface area contributed by atoms with Gasteiger partial charge in [0.2, 0.25) is 0 Å². The summed E-state index contributed by atoms with van der Waals surface area (Å²) < 4.78 is 2.15. The Morgan fingerprint density at radius 3 is 2.80 bits per heavy atom. The topological polar surface area (TPSA) is 71.2 Å². The molecule has 132 valence electrons. The van der Waals surface area contributed by atoms with Crippen LogP contribution in [0.5, 0.6) is 0 Å². The molecule has 0 aromatic carbocycles. The smallest absolute Gasteiger partial charge is 0.0957 e. The third kappa shape index (κ3) is 2.52. The number of imidazole rings is 1. The summed E-state index contributed by atoms with van der Waals surface area (Å²) in [6.45, 7) is 0. The van der Waals surface area contributed by atoms with Gasteiger partial charge in [-0.15, -0.1) is 0 Å². The number of nitrogens with zero attached hydrogens (tertiary/aromatic N) is 3. The molecule has 0 radical (unpaired) electrons. The SMILES string of the molecule is O[C@@H](C[C@@H]1c2ncccc2-c2cncn21)C1CCC(C2(O)CC2)CC1. The lowest BCUT2D eigenvalue weighted by Gasteiger charge is -2.34. The van der Waals surface area contributed by atoms with E-state index in [9.17, 15) is 10.2 Å². The van der Waals surface area contributed by atoms with Crippen LogP contribution in [-0.2, 0) is 0 Å². The Hall–Kier alpha value is -1.72. The molecule has 3 aliphatic rings. The van der Waals surface area contributed by atoms with Crippen LogP contribution in [-0.4, -0.2) is 36.5 Å². The molecule has 2 atom stereocenters. The predicted octanol–water partition coefficient (Wildman–Crippen LogP) is 2.93. The Balaban J connectivity index is 1.29. The zero-order chi connectivity index (χ0) is 17.0. The lowest BCUT2D eigenvalue weighted by atomic mass is 9.75. The van der Waals surface area contributed by atoms with Crippen LogP contribution in [0.25, 0.3) is 11.3 Å². The fraction of sp³-hybridized carbons (Fsp3) is 0.600. The number of aliphatic hydroxyl groups is 2. The molecule has 5 rings (SSSR count). The first-order valence-electron chi connectivity index (χ1n) is 9.53. The van der Waals surface area contributed by atoms with Gasteiger partial charge in [-0.1, -0.05) is 0 Å². The molecular formula is C20H25N3O2. The lowest BCUT2D eigenvalue weighted by Crippen LogP contribution is -2.32. The van der Waals surface area contributed by atoms with E-state index in [1.54, 1.807) is 0 Å². The van der Waals surface area contributed by atoms with E-state index in [0.29, 0.717) is 18.3 Å². The second kappa shape index (κ2) is 5.64. The molecule has 2 aromatic heterocycles. The largest absolute Gasteiger partial charge is 0.393 e. The van der Waals surface area contributed by atoms with Gasteiger partial charge in [0.25, 0.3) is 0 Å². The average Bonchev–Trinajstić information content (AvgIpc) is 3.11. The molecule has 2 N–H and O–H groups in total. The summed E-state index contributed by atoms with van der Waals surface area (Å²) in [4.78, 5) is 8.87. The van der Waals surface area contributed by atoms with Crippen molar-refractivity contribution in [3.63, 3.8) is 0 Å². The zero-order valence-electron chi connectivity index (χ0n) is 14.4. The minimum Gasteiger partial charge on any atom is -0.393 e. The summed E-state index contributed by atoms with van der Waals surface area (Å²) in [6, 6.07) is 4.12. The Bertz CT molecular complexity index is 775. The number of rotatable bonds is 4. The van der Waals surface area contributed by atoms with E-state index in [0.717, 1.165) is 55.5 Å². The molecule has 2 fully saturated rings. The van der Waals surface area contributed by atoms with Crippen molar-refractivity contribution in [3.05, 3.63) is 36.5 Å². The Kier molecular flexibility index (Phi) is 3.51. The molecule has 0 bridgehead atoms. The van der Waals surface area contributed by atoms with Crippen LogP contribution in [0.2, 0.25) is 0 Å². The first-order valence-corrected chi connectivity index (χ1v) is 9.53. The fourth-order valence-corrected chi connectivity index (χ4v) is 5.02. The highest BCUT2D eigenvalue weighted by molar-refractivity contribution is 5.66. The van der Waals surface area contributed by atoms with Crippen LogP contribution in [0.15, 0.2) is 30.9 Å². The maximum absolute atomic E-state index is 10.9. The molecular weight excluding hydrogens is 314 g/mol. The molecule has 2 aliphatic carbocycles. The molecule has 0 saturated heterocycles. The van der Waals surface area contributed by atoms with E-state index >= 15 is 0 Å². The molecule has 0 spiro atoms. The molecule has 5 nitrogen and oxygen atoms in total. The number of aliphatic hydroxyl groups excluding tert-OH is 1. The summed E-state index contributed by atoms with van der Waals surface area (Å²) in [6.07, 6.45) is 12.0. The minimum atomic E-state index is -0.365. The van der Waals surface area contributed by atoms with Gasteiger partial charge in [0.05, 0.1) is 41.7 Å². The van der Waals surface area contributed by atoms with Crippen molar-refractivity contribution in [3.8, 4) is 11.3 Å². The third-order valence-electron chi connectivity index (χ3n) is 6.73. The van der Waals surface area contributed by atoms with Crippen LogP contribution < -0.4 is 0 Å². The third-order valence-corrected chi connectivity index (χ3v) is 6.73. The van der Waals surface area contributed by atoms with E-state index in [-0.39, 0.29) is 17.7 Å². The second-order valence-electron chi connectivity index (χ2n) is 8.16. The molecule has 25 heavy (non-hydrogen) atoms. The first kappa shape index (κ1) is 15.5. The standard InChI is InChI=1S/C20H25N3O2/c24-18(13-3-5-14(6-4-13)20(25)7-8-20)10-16-19-15(2-1-9-22-19)17-11-21-12-23(16)17/h1-2,9,11-14,16,18,24-25H,3-8,10H2/t13?,14?,16-,18+/m1/s1. The van der Waals surface area contributed by atoms with Crippen LogP contribution in [0.3, 0.4) is 0 Å². The van der Waals surface area contributed by atoms with Crippen molar-refractivity contribution in [2.45, 2.75) is 62.7 Å². The minimum absolute atomic E-state index is 0.0778. The van der Waals surface area contributed by atoms with E-state index in [1.165, 1.54) is 0 Å². The van der Waals surface area contributed by atoms with Crippen molar-refractivity contribution in [2.75, 3.05) is 0 Å². The van der Waals surface area contributed by atoms with Gasteiger partial charge in [-0.05, 0) is 62.5 Å². The normalized spacial score (nSPS) is 30.6. The van der Waals surface area contributed by atoms with Crippen molar-refractivity contribution >= 4 is 0 Å². The summed E-state index contributed by atoms with van der Waals surface area (Å²) in [5.74, 6) is 0.781. The molecule has 3 heterocycles. The van der Waals surface area contributed by atoms with Crippen LogP contribution >= 0.6 is 0 Å². The molecule has 2 aromatic rings. The zero-order valence-corrected chi connectivity index (χ0v) is 14.4. The van der Waals surface area contributed by atoms with Crippen molar-refractivity contribution in [1.82, 2.24) is 14.5 Å². The quantitative estimate of drug-likeness (QED) is 0.898. The fourth-order valence-electron chi connectivity index (χ4n) is 5.02. The van der Waals surface area contributed by atoms with Gasteiger partial charge in [-0.25, -0.2) is 4.98 Å². The Labute approximate surface area is 147 Å².